The number of ether oxygens (including phenoxy) is 1. The molecular weight excluding hydrogens is 476 g/mol. The van der Waals surface area contributed by atoms with Gasteiger partial charge in [0.1, 0.15) is 18.1 Å². The van der Waals surface area contributed by atoms with E-state index in [2.05, 4.69) is 49.5 Å². The number of aromatic nitrogens is 3. The van der Waals surface area contributed by atoms with E-state index in [-0.39, 0.29) is 12.1 Å². The molecule has 0 spiro atoms. The van der Waals surface area contributed by atoms with E-state index in [0.29, 0.717) is 11.0 Å². The lowest BCUT2D eigenvalue weighted by molar-refractivity contribution is 0.223. The SMILES string of the molecule is Clc1ccccc1C1Oc2ccccc2C2=C1C(c1ccc(Br)cc1)n1ncnc1N2. The molecule has 3 heterocycles. The molecule has 2 atom stereocenters. The van der Waals surface area contributed by atoms with E-state index in [4.69, 9.17) is 16.3 Å². The summed E-state index contributed by atoms with van der Waals surface area (Å²) in [7, 11) is 0. The molecule has 2 aliphatic rings. The lowest BCUT2D eigenvalue weighted by Gasteiger charge is -2.39. The Bertz CT molecular complexity index is 1330. The number of halogens is 2. The van der Waals surface area contributed by atoms with Crippen LogP contribution in [-0.2, 0) is 0 Å². The molecule has 0 aliphatic carbocycles. The number of nitrogens with one attached hydrogen (secondary N) is 1. The maximum atomic E-state index is 6.65. The van der Waals surface area contributed by atoms with Crippen molar-refractivity contribution in [1.82, 2.24) is 14.8 Å². The summed E-state index contributed by atoms with van der Waals surface area (Å²) in [5, 5.41) is 8.71. The van der Waals surface area contributed by atoms with Gasteiger partial charge in [-0.15, -0.1) is 0 Å². The zero-order valence-electron chi connectivity index (χ0n) is 16.2. The fraction of sp³-hybridized carbons (Fsp3) is 0.0833. The van der Waals surface area contributed by atoms with Gasteiger partial charge in [0, 0.05) is 26.2 Å². The van der Waals surface area contributed by atoms with Crippen LogP contribution in [0, 0.1) is 0 Å². The number of anilines is 1. The van der Waals surface area contributed by atoms with Crippen molar-refractivity contribution in [2.75, 3.05) is 5.32 Å². The van der Waals surface area contributed by atoms with Gasteiger partial charge in [-0.25, -0.2) is 4.68 Å². The molecule has 5 nitrogen and oxygen atoms in total. The molecule has 7 heteroatoms. The Morgan fingerprint density at radius 3 is 2.58 bits per heavy atom. The molecule has 1 aromatic heterocycles. The number of nitrogens with zero attached hydrogens (tertiary/aromatic N) is 3. The summed E-state index contributed by atoms with van der Waals surface area (Å²) in [4.78, 5) is 4.46. The van der Waals surface area contributed by atoms with Gasteiger partial charge in [0.25, 0.3) is 0 Å². The van der Waals surface area contributed by atoms with Crippen LogP contribution in [0.3, 0.4) is 0 Å². The lowest BCUT2D eigenvalue weighted by atomic mass is 9.84. The first-order valence-corrected chi connectivity index (χ1v) is 11.0. The van der Waals surface area contributed by atoms with E-state index in [1.165, 1.54) is 0 Å². The van der Waals surface area contributed by atoms with Crippen molar-refractivity contribution in [2.24, 2.45) is 0 Å². The Kier molecular flexibility index (Phi) is 4.37. The quantitative estimate of drug-likeness (QED) is 0.360. The molecule has 4 aromatic rings. The maximum Gasteiger partial charge on any atom is 0.226 e. The minimum Gasteiger partial charge on any atom is -0.480 e. The third-order valence-electron chi connectivity index (χ3n) is 5.69. The highest BCUT2D eigenvalue weighted by Gasteiger charge is 2.41. The first-order chi connectivity index (χ1) is 15.2. The van der Waals surface area contributed by atoms with Crippen LogP contribution in [0.4, 0.5) is 5.95 Å². The highest BCUT2D eigenvalue weighted by atomic mass is 79.9. The monoisotopic (exact) mass is 490 g/mol. The molecule has 152 valence electrons. The topological polar surface area (TPSA) is 52.0 Å². The summed E-state index contributed by atoms with van der Waals surface area (Å²) in [5.74, 6) is 1.50. The van der Waals surface area contributed by atoms with Crippen LogP contribution < -0.4 is 10.1 Å². The largest absolute Gasteiger partial charge is 0.480 e. The van der Waals surface area contributed by atoms with Crippen molar-refractivity contribution in [3.8, 4) is 5.75 Å². The van der Waals surface area contributed by atoms with E-state index in [0.717, 1.165) is 38.2 Å². The van der Waals surface area contributed by atoms with Gasteiger partial charge in [0.2, 0.25) is 5.95 Å². The van der Waals surface area contributed by atoms with Crippen molar-refractivity contribution in [3.63, 3.8) is 0 Å². The fourth-order valence-corrected chi connectivity index (χ4v) is 4.83. The summed E-state index contributed by atoms with van der Waals surface area (Å²) in [6, 6.07) is 23.9. The van der Waals surface area contributed by atoms with Gasteiger partial charge in [-0.3, -0.25) is 0 Å². The van der Waals surface area contributed by atoms with Gasteiger partial charge in [-0.1, -0.05) is 70.0 Å². The highest BCUT2D eigenvalue weighted by Crippen LogP contribution is 2.51. The Balaban J connectivity index is 1.65. The highest BCUT2D eigenvalue weighted by molar-refractivity contribution is 9.10. The van der Waals surface area contributed by atoms with Crippen LogP contribution in [0.15, 0.2) is 89.2 Å². The molecule has 31 heavy (non-hydrogen) atoms. The van der Waals surface area contributed by atoms with Crippen molar-refractivity contribution in [3.05, 3.63) is 111 Å². The Hall–Kier alpha value is -3.09. The molecule has 0 amide bonds. The van der Waals surface area contributed by atoms with Crippen LogP contribution in [0.1, 0.15) is 28.8 Å². The fourth-order valence-electron chi connectivity index (χ4n) is 4.33. The van der Waals surface area contributed by atoms with E-state index in [1.807, 2.05) is 59.3 Å². The van der Waals surface area contributed by atoms with Gasteiger partial charge >= 0.3 is 0 Å². The van der Waals surface area contributed by atoms with Crippen LogP contribution in [0.25, 0.3) is 5.70 Å². The second kappa shape index (κ2) is 7.25. The number of benzene rings is 3. The van der Waals surface area contributed by atoms with E-state index >= 15 is 0 Å². The molecule has 0 saturated heterocycles. The summed E-state index contributed by atoms with van der Waals surface area (Å²) in [6.45, 7) is 0. The zero-order chi connectivity index (χ0) is 20.9. The third kappa shape index (κ3) is 2.98. The molecule has 0 bridgehead atoms. The molecule has 0 radical (unpaired) electrons. The molecular formula is C24H16BrClN4O. The van der Waals surface area contributed by atoms with Crippen molar-refractivity contribution >= 4 is 39.2 Å². The first kappa shape index (κ1) is 18.7. The number of hydrogen-bond acceptors (Lipinski definition) is 4. The van der Waals surface area contributed by atoms with Crippen LogP contribution in [-0.4, -0.2) is 14.8 Å². The summed E-state index contributed by atoms with van der Waals surface area (Å²) in [6.07, 6.45) is 1.20. The van der Waals surface area contributed by atoms with Crippen molar-refractivity contribution in [2.45, 2.75) is 12.1 Å². The average molecular weight is 492 g/mol. The van der Waals surface area contributed by atoms with Crippen LogP contribution >= 0.6 is 27.5 Å². The van der Waals surface area contributed by atoms with E-state index in [9.17, 15) is 0 Å². The number of para-hydroxylation sites is 1. The molecule has 2 aliphatic heterocycles. The smallest absolute Gasteiger partial charge is 0.226 e. The third-order valence-corrected chi connectivity index (χ3v) is 6.57. The van der Waals surface area contributed by atoms with Crippen molar-refractivity contribution < 1.29 is 4.74 Å². The molecule has 1 N–H and O–H groups in total. The zero-order valence-corrected chi connectivity index (χ0v) is 18.5. The predicted octanol–water partition coefficient (Wildman–Crippen LogP) is 6.25. The van der Waals surface area contributed by atoms with Gasteiger partial charge in [0.05, 0.1) is 5.70 Å². The number of rotatable bonds is 2. The molecule has 6 rings (SSSR count). The van der Waals surface area contributed by atoms with Crippen LogP contribution in [0.2, 0.25) is 5.02 Å². The Labute approximate surface area is 192 Å². The van der Waals surface area contributed by atoms with Gasteiger partial charge < -0.3 is 10.1 Å². The second-order valence-corrected chi connectivity index (χ2v) is 8.78. The van der Waals surface area contributed by atoms with E-state index in [1.54, 1.807) is 6.33 Å². The van der Waals surface area contributed by atoms with Gasteiger partial charge in [0.15, 0.2) is 6.10 Å². The standard InChI is InChI=1S/C24H16BrClN4O/c25-15-11-9-14(10-12-15)22-20-21(29-24-27-13-28-30(22)24)17-6-2-4-8-19(17)31-23(20)16-5-1-3-7-18(16)26/h1-13,22-23H,(H,27,28,29). The Morgan fingerprint density at radius 1 is 0.968 bits per heavy atom. The average Bonchev–Trinajstić information content (AvgIpc) is 3.27. The first-order valence-electron chi connectivity index (χ1n) is 9.87. The minimum absolute atomic E-state index is 0.198. The van der Waals surface area contributed by atoms with E-state index < -0.39 is 0 Å². The predicted molar refractivity (Wildman–Crippen MR) is 124 cm³/mol. The summed E-state index contributed by atoms with van der Waals surface area (Å²) < 4.78 is 9.51. The maximum absolute atomic E-state index is 6.65. The van der Waals surface area contributed by atoms with Crippen LogP contribution in [0.5, 0.6) is 5.75 Å². The molecule has 0 saturated carbocycles. The molecule has 0 fully saturated rings. The summed E-state index contributed by atoms with van der Waals surface area (Å²) >= 11 is 10.2. The van der Waals surface area contributed by atoms with Gasteiger partial charge in [-0.2, -0.15) is 10.1 Å². The number of fused-ring (bicyclic) bond motifs is 3. The normalized spacial score (nSPS) is 19.0. The van der Waals surface area contributed by atoms with Crippen molar-refractivity contribution in [1.29, 1.82) is 0 Å². The Morgan fingerprint density at radius 2 is 1.74 bits per heavy atom. The molecule has 3 aromatic carbocycles. The minimum atomic E-state index is -0.378. The number of hydrogen-bond donors (Lipinski definition) is 1. The molecule has 2 unspecified atom stereocenters. The second-order valence-electron chi connectivity index (χ2n) is 7.45. The van der Waals surface area contributed by atoms with Gasteiger partial charge in [-0.05, 0) is 35.9 Å². The lowest BCUT2D eigenvalue weighted by Crippen LogP contribution is -2.32. The summed E-state index contributed by atoms with van der Waals surface area (Å²) in [5.41, 5.74) is 5.03.